The van der Waals surface area contributed by atoms with Crippen LogP contribution in [-0.2, 0) is 11.2 Å². The number of carbonyl (C=O) groups is 1. The van der Waals surface area contributed by atoms with Crippen LogP contribution in [0.1, 0.15) is 30.8 Å². The normalized spacial score (nSPS) is 11.9. The van der Waals surface area contributed by atoms with Crippen molar-refractivity contribution < 1.29 is 22.9 Å². The van der Waals surface area contributed by atoms with E-state index >= 15 is 0 Å². The molecular weight excluding hydrogens is 396 g/mol. The molecule has 0 saturated carbocycles. The quantitative estimate of drug-likeness (QED) is 0.413. The molecule has 0 fully saturated rings. The predicted octanol–water partition coefficient (Wildman–Crippen LogP) is 4.68. The minimum absolute atomic E-state index is 0.0482. The summed E-state index contributed by atoms with van der Waals surface area (Å²) >= 11 is 0. The van der Waals surface area contributed by atoms with E-state index in [9.17, 15) is 23.7 Å². The molecule has 0 bridgehead atoms. The summed E-state index contributed by atoms with van der Waals surface area (Å²) in [5, 5.41) is 10.9. The van der Waals surface area contributed by atoms with Gasteiger partial charge in [-0.3, -0.25) is 14.9 Å². The van der Waals surface area contributed by atoms with Crippen LogP contribution in [-0.4, -0.2) is 27.8 Å². The summed E-state index contributed by atoms with van der Waals surface area (Å²) < 4.78 is 33.1. The molecule has 1 amide bonds. The first-order chi connectivity index (χ1) is 14.3. The summed E-state index contributed by atoms with van der Waals surface area (Å²) in [4.78, 5) is 28.5. The number of amides is 1. The highest BCUT2D eigenvalue weighted by Gasteiger charge is 2.21. The van der Waals surface area contributed by atoms with Gasteiger partial charge in [0.05, 0.1) is 22.7 Å². The molecule has 0 aliphatic rings. The lowest BCUT2D eigenvalue weighted by atomic mass is 10.1. The van der Waals surface area contributed by atoms with Gasteiger partial charge in [0.15, 0.2) is 11.7 Å². The number of hydrogen-bond donors (Lipinski definition) is 0. The fourth-order valence-corrected chi connectivity index (χ4v) is 3.00. The second-order valence-corrected chi connectivity index (χ2v) is 6.75. The van der Waals surface area contributed by atoms with E-state index in [0.717, 1.165) is 12.1 Å². The Kier molecular flexibility index (Phi) is 6.20. The first kappa shape index (κ1) is 21.1. The van der Waals surface area contributed by atoms with Gasteiger partial charge >= 0.3 is 0 Å². The van der Waals surface area contributed by atoms with Gasteiger partial charge in [0.1, 0.15) is 11.6 Å². The van der Waals surface area contributed by atoms with Crippen molar-refractivity contribution in [3.05, 3.63) is 81.9 Å². The Balaban J connectivity index is 1.65. The number of rotatable bonds is 7. The third-order valence-electron chi connectivity index (χ3n) is 4.85. The molecule has 9 heteroatoms. The number of non-ortho nitro benzene ring substituents is 1. The number of benzene rings is 2. The molecule has 3 aromatic rings. The summed E-state index contributed by atoms with van der Waals surface area (Å²) in [5.41, 5.74) is 0.278. The Hall–Kier alpha value is -3.62. The number of halogens is 2. The first-order valence-corrected chi connectivity index (χ1v) is 9.17. The number of nitro groups is 1. The first-order valence-electron chi connectivity index (χ1n) is 9.17. The topological polar surface area (TPSA) is 89.5 Å². The van der Waals surface area contributed by atoms with Gasteiger partial charge in [-0.05, 0) is 24.6 Å². The maximum atomic E-state index is 13.9. The Morgan fingerprint density at radius 3 is 2.57 bits per heavy atom. The van der Waals surface area contributed by atoms with E-state index in [1.165, 1.54) is 29.3 Å². The van der Waals surface area contributed by atoms with Crippen LogP contribution in [0.4, 0.5) is 14.5 Å². The van der Waals surface area contributed by atoms with Gasteiger partial charge in [-0.15, -0.1) is 0 Å². The molecule has 0 N–H and O–H groups in total. The molecule has 0 unspecified atom stereocenters. The summed E-state index contributed by atoms with van der Waals surface area (Å²) in [6.07, 6.45) is 1.41. The second kappa shape index (κ2) is 8.81. The largest absolute Gasteiger partial charge is 0.441 e. The maximum absolute atomic E-state index is 13.9. The van der Waals surface area contributed by atoms with Gasteiger partial charge in [-0.2, -0.15) is 0 Å². The van der Waals surface area contributed by atoms with Crippen LogP contribution in [0, 0.1) is 21.7 Å². The van der Waals surface area contributed by atoms with E-state index in [1.54, 1.807) is 26.1 Å². The van der Waals surface area contributed by atoms with Gasteiger partial charge < -0.3 is 9.32 Å². The van der Waals surface area contributed by atoms with Crippen LogP contribution in [0.25, 0.3) is 11.3 Å². The van der Waals surface area contributed by atoms with Crippen molar-refractivity contribution in [1.29, 1.82) is 0 Å². The third-order valence-corrected chi connectivity index (χ3v) is 4.85. The molecule has 3 rings (SSSR count). The van der Waals surface area contributed by atoms with Crippen molar-refractivity contribution >= 4 is 11.6 Å². The van der Waals surface area contributed by atoms with E-state index in [0.29, 0.717) is 5.56 Å². The lowest BCUT2D eigenvalue weighted by Gasteiger charge is -2.25. The van der Waals surface area contributed by atoms with Crippen LogP contribution in [0.5, 0.6) is 0 Å². The molecule has 0 aliphatic carbocycles. The summed E-state index contributed by atoms with van der Waals surface area (Å²) in [5.74, 6) is -1.63. The smallest absolute Gasteiger partial charge is 0.269 e. The van der Waals surface area contributed by atoms with E-state index < -0.39 is 16.6 Å². The average Bonchev–Trinajstić information content (AvgIpc) is 3.19. The highest BCUT2D eigenvalue weighted by Crippen LogP contribution is 2.27. The van der Waals surface area contributed by atoms with E-state index in [1.807, 2.05) is 0 Å². The SMILES string of the molecule is C[C@H](c1cccc([N+](=O)[O-])c1)N(C)C(=O)CCc1ncc(-c2c(F)cccc2F)o1. The van der Waals surface area contributed by atoms with Crippen LogP contribution < -0.4 is 0 Å². The molecule has 30 heavy (non-hydrogen) atoms. The number of aryl methyl sites for hydroxylation is 1. The number of carbonyl (C=O) groups excluding carboxylic acids is 1. The van der Waals surface area contributed by atoms with Crippen molar-refractivity contribution in [2.45, 2.75) is 25.8 Å². The molecule has 0 saturated heterocycles. The molecule has 156 valence electrons. The highest BCUT2D eigenvalue weighted by molar-refractivity contribution is 5.76. The average molecular weight is 415 g/mol. The van der Waals surface area contributed by atoms with Gasteiger partial charge in [-0.1, -0.05) is 18.2 Å². The van der Waals surface area contributed by atoms with Crippen molar-refractivity contribution in [2.24, 2.45) is 0 Å². The monoisotopic (exact) mass is 415 g/mol. The predicted molar refractivity (Wildman–Crippen MR) is 104 cm³/mol. The van der Waals surface area contributed by atoms with Crippen LogP contribution in [0.15, 0.2) is 53.1 Å². The lowest BCUT2D eigenvalue weighted by molar-refractivity contribution is -0.384. The molecule has 1 aromatic heterocycles. The molecule has 1 atom stereocenters. The van der Waals surface area contributed by atoms with Crippen molar-refractivity contribution in [2.75, 3.05) is 7.05 Å². The van der Waals surface area contributed by atoms with Crippen molar-refractivity contribution in [1.82, 2.24) is 9.88 Å². The number of nitrogens with zero attached hydrogens (tertiary/aromatic N) is 3. The number of oxazole rings is 1. The maximum Gasteiger partial charge on any atom is 0.269 e. The van der Waals surface area contributed by atoms with E-state index in [-0.39, 0.29) is 47.7 Å². The summed E-state index contributed by atoms with van der Waals surface area (Å²) in [6.45, 7) is 1.77. The highest BCUT2D eigenvalue weighted by atomic mass is 19.1. The minimum Gasteiger partial charge on any atom is -0.441 e. The number of aromatic nitrogens is 1. The van der Waals surface area contributed by atoms with E-state index in [4.69, 9.17) is 4.42 Å². The van der Waals surface area contributed by atoms with Crippen LogP contribution in [0.3, 0.4) is 0 Å². The Labute approximate surface area is 171 Å². The van der Waals surface area contributed by atoms with Crippen LogP contribution in [0.2, 0.25) is 0 Å². The number of hydrogen-bond acceptors (Lipinski definition) is 5. The van der Waals surface area contributed by atoms with E-state index in [2.05, 4.69) is 4.98 Å². The molecule has 0 radical (unpaired) electrons. The van der Waals surface area contributed by atoms with Gasteiger partial charge in [0.25, 0.3) is 5.69 Å². The second-order valence-electron chi connectivity index (χ2n) is 6.75. The molecule has 0 aliphatic heterocycles. The molecule has 0 spiro atoms. The van der Waals surface area contributed by atoms with Gasteiger partial charge in [0.2, 0.25) is 5.91 Å². The zero-order chi connectivity index (χ0) is 21.8. The Morgan fingerprint density at radius 1 is 1.23 bits per heavy atom. The molecule has 2 aromatic carbocycles. The number of nitro benzene ring substituents is 1. The summed E-state index contributed by atoms with van der Waals surface area (Å²) in [7, 11) is 1.60. The van der Waals surface area contributed by atoms with Crippen molar-refractivity contribution in [3.8, 4) is 11.3 Å². The van der Waals surface area contributed by atoms with Crippen LogP contribution >= 0.6 is 0 Å². The molecule has 7 nitrogen and oxygen atoms in total. The summed E-state index contributed by atoms with van der Waals surface area (Å²) in [6, 6.07) is 9.20. The standard InChI is InChI=1S/C21H19F2N3O4/c1-13(14-5-3-6-15(11-14)26(28)29)25(2)20(27)10-9-19-24-12-18(30-19)21-16(22)7-4-8-17(21)23/h3-8,11-13H,9-10H2,1-2H3/t13-/m1/s1. The van der Waals surface area contributed by atoms with Crippen molar-refractivity contribution in [3.63, 3.8) is 0 Å². The zero-order valence-electron chi connectivity index (χ0n) is 16.3. The zero-order valence-corrected chi connectivity index (χ0v) is 16.3. The molecule has 1 heterocycles. The molecular formula is C21H19F2N3O4. The third kappa shape index (κ3) is 4.51. The fourth-order valence-electron chi connectivity index (χ4n) is 3.00. The fraction of sp³-hybridized carbons (Fsp3) is 0.238. The Morgan fingerprint density at radius 2 is 1.90 bits per heavy atom. The lowest BCUT2D eigenvalue weighted by Crippen LogP contribution is -2.29. The minimum atomic E-state index is -0.765. The van der Waals surface area contributed by atoms with Gasteiger partial charge in [-0.25, -0.2) is 13.8 Å². The Bertz CT molecular complexity index is 1060. The van der Waals surface area contributed by atoms with Gasteiger partial charge in [0, 0.05) is 32.0 Å².